The Kier molecular flexibility index (Phi) is 6.31. The molecule has 0 saturated carbocycles. The molecular formula is C17H24ClN3O4S. The molecule has 2 N–H and O–H groups in total. The number of hydrogen-bond donors (Lipinski definition) is 2. The largest absolute Gasteiger partial charge is 0.354 e. The Morgan fingerprint density at radius 2 is 1.85 bits per heavy atom. The van der Waals surface area contributed by atoms with Crippen LogP contribution >= 0.6 is 11.6 Å². The predicted molar refractivity (Wildman–Crippen MR) is 99.2 cm³/mol. The molecule has 1 aromatic rings. The Morgan fingerprint density at radius 1 is 1.23 bits per heavy atom. The average Bonchev–Trinajstić information content (AvgIpc) is 2.94. The van der Waals surface area contributed by atoms with Crippen LogP contribution in [0, 0.1) is 5.92 Å². The van der Waals surface area contributed by atoms with Crippen molar-refractivity contribution in [2.24, 2.45) is 5.92 Å². The van der Waals surface area contributed by atoms with E-state index in [9.17, 15) is 18.0 Å². The molecule has 0 spiro atoms. The molecule has 1 aliphatic heterocycles. The lowest BCUT2D eigenvalue weighted by Gasteiger charge is -2.31. The normalized spacial score (nSPS) is 18.2. The number of carbonyl (C=O) groups is 2. The van der Waals surface area contributed by atoms with Crippen LogP contribution < -0.4 is 10.0 Å². The zero-order valence-corrected chi connectivity index (χ0v) is 16.7. The van der Waals surface area contributed by atoms with Crippen LogP contribution in [0.1, 0.15) is 27.2 Å². The molecule has 9 heteroatoms. The molecule has 144 valence electrons. The number of rotatable bonds is 6. The smallest absolute Gasteiger partial charge is 0.240 e. The van der Waals surface area contributed by atoms with Gasteiger partial charge in [0.05, 0.1) is 10.8 Å². The van der Waals surface area contributed by atoms with Gasteiger partial charge in [0, 0.05) is 36.6 Å². The van der Waals surface area contributed by atoms with Gasteiger partial charge >= 0.3 is 0 Å². The van der Waals surface area contributed by atoms with Gasteiger partial charge in [0.15, 0.2) is 0 Å². The summed E-state index contributed by atoms with van der Waals surface area (Å²) in [6, 6.07) is 5.81. The molecule has 1 fully saturated rings. The molecule has 0 bridgehead atoms. The van der Waals surface area contributed by atoms with Gasteiger partial charge in [0.1, 0.15) is 0 Å². The first-order valence-corrected chi connectivity index (χ1v) is 10.2. The van der Waals surface area contributed by atoms with E-state index in [4.69, 9.17) is 11.6 Å². The summed E-state index contributed by atoms with van der Waals surface area (Å²) in [6.07, 6.45) is 0.180. The van der Waals surface area contributed by atoms with Crippen LogP contribution in [0.4, 0.5) is 0 Å². The van der Waals surface area contributed by atoms with Crippen molar-refractivity contribution in [3.63, 3.8) is 0 Å². The fourth-order valence-electron chi connectivity index (χ4n) is 2.74. The molecule has 1 aromatic carbocycles. The summed E-state index contributed by atoms with van der Waals surface area (Å²) >= 11 is 5.74. The number of carbonyl (C=O) groups excluding carboxylic acids is 2. The first-order chi connectivity index (χ1) is 12.0. The Morgan fingerprint density at radius 3 is 2.38 bits per heavy atom. The Labute approximate surface area is 159 Å². The fraction of sp³-hybridized carbons (Fsp3) is 0.529. The van der Waals surface area contributed by atoms with Crippen LogP contribution in [-0.2, 0) is 19.6 Å². The van der Waals surface area contributed by atoms with Crippen LogP contribution in [0.3, 0.4) is 0 Å². The molecule has 1 atom stereocenters. The van der Waals surface area contributed by atoms with Crippen LogP contribution in [-0.4, -0.2) is 50.3 Å². The van der Waals surface area contributed by atoms with Gasteiger partial charge in [-0.25, -0.2) is 13.1 Å². The minimum absolute atomic E-state index is 0.0407. The van der Waals surface area contributed by atoms with Gasteiger partial charge in [0.25, 0.3) is 0 Å². The average molecular weight is 402 g/mol. The molecule has 1 aliphatic rings. The number of halogens is 1. The van der Waals surface area contributed by atoms with Crippen LogP contribution in [0.2, 0.25) is 5.02 Å². The maximum absolute atomic E-state index is 12.2. The van der Waals surface area contributed by atoms with E-state index in [1.807, 2.05) is 20.8 Å². The van der Waals surface area contributed by atoms with Crippen molar-refractivity contribution < 1.29 is 18.0 Å². The highest BCUT2D eigenvalue weighted by Crippen LogP contribution is 2.25. The molecule has 1 saturated heterocycles. The van der Waals surface area contributed by atoms with Gasteiger partial charge < -0.3 is 10.2 Å². The number of amides is 2. The monoisotopic (exact) mass is 401 g/mol. The Hall–Kier alpha value is -1.64. The van der Waals surface area contributed by atoms with E-state index in [0.717, 1.165) is 0 Å². The zero-order valence-electron chi connectivity index (χ0n) is 15.1. The second kappa shape index (κ2) is 7.94. The van der Waals surface area contributed by atoms with Crippen molar-refractivity contribution in [1.82, 2.24) is 14.9 Å². The lowest BCUT2D eigenvalue weighted by Crippen LogP contribution is -2.43. The van der Waals surface area contributed by atoms with E-state index in [0.29, 0.717) is 11.6 Å². The van der Waals surface area contributed by atoms with Gasteiger partial charge in [-0.05, 0) is 45.0 Å². The molecule has 0 aromatic heterocycles. The van der Waals surface area contributed by atoms with Gasteiger partial charge in [-0.2, -0.15) is 0 Å². The Bertz CT molecular complexity index is 772. The van der Waals surface area contributed by atoms with E-state index in [1.54, 1.807) is 4.90 Å². The van der Waals surface area contributed by atoms with Gasteiger partial charge in [-0.3, -0.25) is 9.59 Å². The summed E-state index contributed by atoms with van der Waals surface area (Å²) in [5, 5.41) is 3.14. The third-order valence-corrected chi connectivity index (χ3v) is 5.87. The van der Waals surface area contributed by atoms with Gasteiger partial charge in [0.2, 0.25) is 21.8 Å². The van der Waals surface area contributed by atoms with Crippen LogP contribution in [0.15, 0.2) is 29.2 Å². The molecule has 2 rings (SSSR count). The van der Waals surface area contributed by atoms with E-state index >= 15 is 0 Å². The second-order valence-electron chi connectivity index (χ2n) is 7.22. The first kappa shape index (κ1) is 20.7. The number of benzene rings is 1. The molecule has 1 unspecified atom stereocenters. The number of hydrogen-bond acceptors (Lipinski definition) is 4. The highest BCUT2D eigenvalue weighted by Gasteiger charge is 2.39. The van der Waals surface area contributed by atoms with Crippen LogP contribution in [0.5, 0.6) is 0 Å². The fourth-order valence-corrected chi connectivity index (χ4v) is 3.90. The number of nitrogens with one attached hydrogen (secondary N) is 2. The summed E-state index contributed by atoms with van der Waals surface area (Å²) in [4.78, 5) is 26.0. The van der Waals surface area contributed by atoms with E-state index < -0.39 is 15.9 Å². The van der Waals surface area contributed by atoms with E-state index in [-0.39, 0.29) is 41.8 Å². The highest BCUT2D eigenvalue weighted by atomic mass is 35.5. The lowest BCUT2D eigenvalue weighted by atomic mass is 10.1. The maximum atomic E-state index is 12.2. The lowest BCUT2D eigenvalue weighted by molar-refractivity contribution is -0.132. The summed E-state index contributed by atoms with van der Waals surface area (Å²) in [6.45, 7) is 6.36. The van der Waals surface area contributed by atoms with E-state index in [2.05, 4.69) is 10.0 Å². The third-order valence-electron chi connectivity index (χ3n) is 4.15. The number of nitrogens with zero attached hydrogens (tertiary/aromatic N) is 1. The van der Waals surface area contributed by atoms with Crippen LogP contribution in [0.25, 0.3) is 0 Å². The molecule has 2 amide bonds. The van der Waals surface area contributed by atoms with Crippen molar-refractivity contribution in [3.8, 4) is 0 Å². The standard InChI is InChI=1S/C17H24ClN3O4S/c1-17(2,3)21-11-12(10-15(21)22)16(23)19-8-9-20-26(24,25)14-6-4-13(18)5-7-14/h4-7,12,20H,8-11H2,1-3H3,(H,19,23). The quantitative estimate of drug-likeness (QED) is 0.704. The molecule has 0 aliphatic carbocycles. The SMILES string of the molecule is CC(C)(C)N1CC(C(=O)NCCNS(=O)(=O)c2ccc(Cl)cc2)CC1=O. The molecule has 0 radical (unpaired) electrons. The third kappa shape index (κ3) is 5.18. The summed E-state index contributed by atoms with van der Waals surface area (Å²) in [5.74, 6) is -0.688. The minimum atomic E-state index is -3.65. The summed E-state index contributed by atoms with van der Waals surface area (Å²) in [7, 11) is -3.65. The first-order valence-electron chi connectivity index (χ1n) is 8.34. The Balaban J connectivity index is 1.80. The molecule has 7 nitrogen and oxygen atoms in total. The van der Waals surface area contributed by atoms with Crippen molar-refractivity contribution in [1.29, 1.82) is 0 Å². The molecule has 1 heterocycles. The van der Waals surface area contributed by atoms with E-state index in [1.165, 1.54) is 24.3 Å². The maximum Gasteiger partial charge on any atom is 0.240 e. The minimum Gasteiger partial charge on any atom is -0.354 e. The van der Waals surface area contributed by atoms with Crippen molar-refractivity contribution in [2.45, 2.75) is 37.6 Å². The summed E-state index contributed by atoms with van der Waals surface area (Å²) in [5.41, 5.74) is -0.319. The second-order valence-corrected chi connectivity index (χ2v) is 9.42. The van der Waals surface area contributed by atoms with Gasteiger partial charge in [-0.15, -0.1) is 0 Å². The topological polar surface area (TPSA) is 95.6 Å². The number of likely N-dealkylation sites (tertiary alicyclic amines) is 1. The predicted octanol–water partition coefficient (Wildman–Crippen LogP) is 1.38. The number of sulfonamides is 1. The van der Waals surface area contributed by atoms with Gasteiger partial charge in [-0.1, -0.05) is 11.6 Å². The molecule has 26 heavy (non-hydrogen) atoms. The zero-order chi connectivity index (χ0) is 19.5. The van der Waals surface area contributed by atoms with Crippen molar-refractivity contribution in [2.75, 3.05) is 19.6 Å². The molecular weight excluding hydrogens is 378 g/mol. The van der Waals surface area contributed by atoms with Crippen molar-refractivity contribution in [3.05, 3.63) is 29.3 Å². The highest BCUT2D eigenvalue weighted by molar-refractivity contribution is 7.89. The summed E-state index contributed by atoms with van der Waals surface area (Å²) < 4.78 is 26.7. The van der Waals surface area contributed by atoms with Crippen molar-refractivity contribution >= 4 is 33.4 Å².